The van der Waals surface area contributed by atoms with Crippen LogP contribution in [0.5, 0.6) is 5.75 Å². The van der Waals surface area contributed by atoms with Gasteiger partial charge in [0.2, 0.25) is 5.91 Å². The number of nitrogens with zero attached hydrogens (tertiary/aromatic N) is 1. The van der Waals surface area contributed by atoms with Crippen LogP contribution in [0.3, 0.4) is 0 Å². The standard InChI is InChI=1S/C27H32N2O7/c1-10(12-8-9-12)16-15-11(2)13-6-5-7-14(30)17(13)22(31)18(15)24(33)27(36)20(16)21(29(3)4)23(32)19(25(27)34)26(28)35/h5-7,10-12,15-16,18-21,30,36H,8-9H2,1-4H3,(H2,28,35). The fraction of sp³-hybridized carbons (Fsp3) is 0.593. The number of rotatable bonds is 4. The monoisotopic (exact) mass is 496 g/mol. The number of carbonyl (C=O) groups excluding carboxylic acids is 5. The highest BCUT2D eigenvalue weighted by molar-refractivity contribution is 6.32. The average Bonchev–Trinajstić information content (AvgIpc) is 3.64. The first-order valence-electron chi connectivity index (χ1n) is 12.5. The van der Waals surface area contributed by atoms with E-state index in [1.165, 1.54) is 11.0 Å². The van der Waals surface area contributed by atoms with Crippen molar-refractivity contribution in [2.45, 2.75) is 44.2 Å². The maximum atomic E-state index is 14.1. The van der Waals surface area contributed by atoms with Gasteiger partial charge in [-0.1, -0.05) is 26.0 Å². The molecule has 5 rings (SSSR count). The summed E-state index contributed by atoms with van der Waals surface area (Å²) in [6.45, 7) is 3.88. The Labute approximate surface area is 209 Å². The second kappa shape index (κ2) is 8.05. The van der Waals surface area contributed by atoms with E-state index in [-0.39, 0.29) is 29.1 Å². The molecule has 9 atom stereocenters. The van der Waals surface area contributed by atoms with E-state index in [1.54, 1.807) is 26.2 Å². The maximum Gasteiger partial charge on any atom is 0.235 e. The minimum Gasteiger partial charge on any atom is -0.507 e. The van der Waals surface area contributed by atoms with Crippen molar-refractivity contribution in [2.24, 2.45) is 47.2 Å². The van der Waals surface area contributed by atoms with Crippen molar-refractivity contribution in [3.05, 3.63) is 29.3 Å². The molecule has 4 N–H and O–H groups in total. The lowest BCUT2D eigenvalue weighted by Gasteiger charge is -2.59. The minimum atomic E-state index is -2.73. The summed E-state index contributed by atoms with van der Waals surface area (Å²) >= 11 is 0. The summed E-state index contributed by atoms with van der Waals surface area (Å²) in [6, 6.07) is 3.65. The van der Waals surface area contributed by atoms with Gasteiger partial charge in [-0.2, -0.15) is 0 Å². The lowest BCUT2D eigenvalue weighted by atomic mass is 9.44. The molecule has 1 aromatic rings. The predicted octanol–water partition coefficient (Wildman–Crippen LogP) is 0.700. The molecule has 4 aliphatic carbocycles. The topological polar surface area (TPSA) is 155 Å². The van der Waals surface area contributed by atoms with Gasteiger partial charge >= 0.3 is 0 Å². The summed E-state index contributed by atoms with van der Waals surface area (Å²) in [4.78, 5) is 69.0. The Bertz CT molecular complexity index is 1200. The molecule has 0 spiro atoms. The van der Waals surface area contributed by atoms with E-state index < -0.39 is 70.3 Å². The molecule has 9 nitrogen and oxygen atoms in total. The van der Waals surface area contributed by atoms with Gasteiger partial charge in [-0.15, -0.1) is 0 Å². The maximum absolute atomic E-state index is 14.1. The highest BCUT2D eigenvalue weighted by atomic mass is 16.3. The number of hydrogen-bond donors (Lipinski definition) is 3. The van der Waals surface area contributed by atoms with Crippen molar-refractivity contribution in [3.8, 4) is 5.75 Å². The first kappa shape index (κ1) is 24.8. The molecule has 1 amide bonds. The molecule has 3 saturated carbocycles. The summed E-state index contributed by atoms with van der Waals surface area (Å²) in [5, 5.41) is 22.6. The lowest BCUT2D eigenvalue weighted by molar-refractivity contribution is -0.192. The highest BCUT2D eigenvalue weighted by Crippen LogP contribution is 2.61. The Morgan fingerprint density at radius 2 is 1.78 bits per heavy atom. The number of ketones is 4. The molecule has 36 heavy (non-hydrogen) atoms. The number of Topliss-reactive ketones (excluding diaryl/α,β-unsaturated/α-hetero) is 4. The van der Waals surface area contributed by atoms with Gasteiger partial charge in [0, 0.05) is 5.92 Å². The third-order valence-corrected chi connectivity index (χ3v) is 9.42. The smallest absolute Gasteiger partial charge is 0.235 e. The van der Waals surface area contributed by atoms with Crippen LogP contribution in [-0.2, 0) is 19.2 Å². The molecule has 0 aliphatic heterocycles. The fourth-order valence-corrected chi connectivity index (χ4v) is 7.68. The third-order valence-electron chi connectivity index (χ3n) is 9.42. The molecular weight excluding hydrogens is 464 g/mol. The summed E-state index contributed by atoms with van der Waals surface area (Å²) in [6.07, 6.45) is 1.87. The van der Waals surface area contributed by atoms with E-state index in [4.69, 9.17) is 5.73 Å². The van der Waals surface area contributed by atoms with Crippen molar-refractivity contribution in [1.82, 2.24) is 4.90 Å². The van der Waals surface area contributed by atoms with Gasteiger partial charge in [0.15, 0.2) is 34.7 Å². The van der Waals surface area contributed by atoms with Gasteiger partial charge in [0.25, 0.3) is 0 Å². The number of aromatic hydroxyl groups is 1. The summed E-state index contributed by atoms with van der Waals surface area (Å²) in [5.41, 5.74) is 3.34. The number of benzene rings is 1. The predicted molar refractivity (Wildman–Crippen MR) is 127 cm³/mol. The first-order chi connectivity index (χ1) is 16.8. The highest BCUT2D eigenvalue weighted by Gasteiger charge is 2.73. The molecule has 0 heterocycles. The largest absolute Gasteiger partial charge is 0.507 e. The van der Waals surface area contributed by atoms with Crippen LogP contribution >= 0.6 is 0 Å². The van der Waals surface area contributed by atoms with Gasteiger partial charge < -0.3 is 15.9 Å². The molecule has 0 radical (unpaired) electrons. The lowest BCUT2D eigenvalue weighted by Crippen LogP contribution is -2.77. The van der Waals surface area contributed by atoms with Crippen LogP contribution in [0.4, 0.5) is 0 Å². The van der Waals surface area contributed by atoms with Crippen LogP contribution in [0.1, 0.15) is 48.5 Å². The molecule has 9 heteroatoms. The van der Waals surface area contributed by atoms with Gasteiger partial charge in [-0.3, -0.25) is 28.9 Å². The normalized spacial score (nSPS) is 38.9. The number of phenolic OH excluding ortho intramolecular Hbond substituents is 1. The molecule has 3 fully saturated rings. The van der Waals surface area contributed by atoms with Gasteiger partial charge in [-0.25, -0.2) is 0 Å². The summed E-state index contributed by atoms with van der Waals surface area (Å²) in [5.74, 6) is -10.9. The molecule has 192 valence electrons. The summed E-state index contributed by atoms with van der Waals surface area (Å²) in [7, 11) is 3.21. The van der Waals surface area contributed by atoms with E-state index in [2.05, 4.69) is 0 Å². The number of nitrogens with two attached hydrogens (primary N) is 1. The zero-order chi connectivity index (χ0) is 26.4. The van der Waals surface area contributed by atoms with E-state index in [1.807, 2.05) is 13.8 Å². The molecule has 1 aromatic carbocycles. The van der Waals surface area contributed by atoms with Gasteiger partial charge in [0.1, 0.15) is 5.75 Å². The fourth-order valence-electron chi connectivity index (χ4n) is 7.68. The molecule has 0 saturated heterocycles. The van der Waals surface area contributed by atoms with Crippen LogP contribution in [0.15, 0.2) is 18.2 Å². The van der Waals surface area contributed by atoms with Crippen LogP contribution in [0.2, 0.25) is 0 Å². The zero-order valence-corrected chi connectivity index (χ0v) is 20.8. The Morgan fingerprint density at radius 1 is 1.14 bits per heavy atom. The molecule has 0 bridgehead atoms. The number of likely N-dealkylation sites (N-methyl/N-ethyl adjacent to an activating group) is 1. The van der Waals surface area contributed by atoms with Crippen molar-refractivity contribution < 1.29 is 34.2 Å². The van der Waals surface area contributed by atoms with Crippen LogP contribution in [-0.4, -0.2) is 69.9 Å². The molecule has 4 aliphatic rings. The Kier molecular flexibility index (Phi) is 5.54. The Balaban J connectivity index is 1.79. The first-order valence-corrected chi connectivity index (χ1v) is 12.5. The van der Waals surface area contributed by atoms with E-state index in [0.29, 0.717) is 5.56 Å². The zero-order valence-electron chi connectivity index (χ0n) is 20.8. The van der Waals surface area contributed by atoms with Crippen LogP contribution in [0, 0.1) is 41.4 Å². The van der Waals surface area contributed by atoms with Crippen molar-refractivity contribution >= 4 is 29.0 Å². The molecule has 9 unspecified atom stereocenters. The third kappa shape index (κ3) is 3.05. The number of carbonyl (C=O) groups is 5. The van der Waals surface area contributed by atoms with Crippen molar-refractivity contribution in [1.29, 1.82) is 0 Å². The average molecular weight is 497 g/mol. The second-order valence-electron chi connectivity index (χ2n) is 11.4. The van der Waals surface area contributed by atoms with Crippen molar-refractivity contribution in [2.75, 3.05) is 14.1 Å². The second-order valence-corrected chi connectivity index (χ2v) is 11.4. The summed E-state index contributed by atoms with van der Waals surface area (Å²) < 4.78 is 0. The van der Waals surface area contributed by atoms with E-state index in [9.17, 15) is 34.2 Å². The molecule has 0 aromatic heterocycles. The number of hydrogen-bond acceptors (Lipinski definition) is 8. The minimum absolute atomic E-state index is 0.0226. The van der Waals surface area contributed by atoms with Crippen LogP contribution in [0.25, 0.3) is 0 Å². The van der Waals surface area contributed by atoms with Crippen molar-refractivity contribution in [3.63, 3.8) is 0 Å². The quantitative estimate of drug-likeness (QED) is 0.515. The number of aliphatic hydroxyl groups is 1. The van der Waals surface area contributed by atoms with Gasteiger partial charge in [0.05, 0.1) is 17.5 Å². The molecular formula is C27H32N2O7. The SMILES string of the molecule is CC1c2cccc(O)c2C(=O)C2C(=O)C3(O)C(=O)C(C(N)=O)C(=O)C(N(C)C)C3C(C(C)C3CC3)C21. The number of phenols is 1. The van der Waals surface area contributed by atoms with E-state index >= 15 is 0 Å². The number of fused-ring (bicyclic) bond motifs is 3. The number of amides is 1. The van der Waals surface area contributed by atoms with Gasteiger partial charge in [-0.05, 0) is 68.2 Å². The van der Waals surface area contributed by atoms with E-state index in [0.717, 1.165) is 12.8 Å². The van der Waals surface area contributed by atoms with Crippen LogP contribution < -0.4 is 5.73 Å². The Hall–Kier alpha value is -2.91. The number of primary amides is 1. The Morgan fingerprint density at radius 3 is 2.33 bits per heavy atom.